The first-order valence-electron chi connectivity index (χ1n) is 11.7. The van der Waals surface area contributed by atoms with E-state index in [1.807, 2.05) is 18.2 Å². The Hall–Kier alpha value is -2.65. The van der Waals surface area contributed by atoms with E-state index < -0.39 is 5.83 Å². The Kier molecular flexibility index (Phi) is 8.66. The molecule has 0 N–H and O–H groups in total. The summed E-state index contributed by atoms with van der Waals surface area (Å²) in [4.78, 5) is 0. The topological polar surface area (TPSA) is 47.6 Å². The lowest BCUT2D eigenvalue weighted by molar-refractivity contribution is 0.260. The Balaban J connectivity index is 1.38. The van der Waals surface area contributed by atoms with Gasteiger partial charge in [-0.25, -0.2) is 0 Å². The molecule has 2 saturated carbocycles. The molecule has 2 fully saturated rings. The predicted molar refractivity (Wildman–Crippen MR) is 124 cm³/mol. The van der Waals surface area contributed by atoms with Crippen molar-refractivity contribution in [3.05, 3.63) is 71.6 Å². The molecule has 0 atom stereocenters. The van der Waals surface area contributed by atoms with Gasteiger partial charge in [-0.1, -0.05) is 36.4 Å². The van der Waals surface area contributed by atoms with Gasteiger partial charge >= 0.3 is 0 Å². The molecule has 0 bridgehead atoms. The molecule has 2 aliphatic carbocycles. The van der Waals surface area contributed by atoms with Gasteiger partial charge in [0.05, 0.1) is 11.6 Å². The zero-order chi connectivity index (χ0) is 22.1. The molecule has 0 aliphatic heterocycles. The summed E-state index contributed by atoms with van der Waals surface area (Å²) in [6, 6.07) is 11.8. The van der Waals surface area contributed by atoms with E-state index in [1.165, 1.54) is 74.6 Å². The van der Waals surface area contributed by atoms with E-state index in [0.29, 0.717) is 17.8 Å². The van der Waals surface area contributed by atoms with Crippen LogP contribution in [0.2, 0.25) is 0 Å². The number of halogens is 1. The highest BCUT2D eigenvalue weighted by molar-refractivity contribution is 5.33. The third kappa shape index (κ3) is 6.67. The van der Waals surface area contributed by atoms with Crippen LogP contribution in [-0.4, -0.2) is 0 Å². The summed E-state index contributed by atoms with van der Waals surface area (Å²) in [6.07, 6.45) is 16.9. The molecule has 0 unspecified atom stereocenters. The van der Waals surface area contributed by atoms with E-state index in [4.69, 9.17) is 10.5 Å². The van der Waals surface area contributed by atoms with Crippen LogP contribution < -0.4 is 0 Å². The summed E-state index contributed by atoms with van der Waals surface area (Å²) in [7, 11) is 0. The SMILES string of the molecule is C=C(C1CCC(CC/C=C/C=C(\F)C#N)CC1)C1CCC(c2ccc(C#N)cc2)CC1. The van der Waals surface area contributed by atoms with Gasteiger partial charge in [-0.15, -0.1) is 0 Å². The van der Waals surface area contributed by atoms with Crippen molar-refractivity contribution in [2.75, 3.05) is 0 Å². The second kappa shape index (κ2) is 11.7. The average molecular weight is 417 g/mol. The smallest absolute Gasteiger partial charge is 0.195 e. The number of hydrogen-bond donors (Lipinski definition) is 0. The van der Waals surface area contributed by atoms with Crippen LogP contribution in [0.25, 0.3) is 0 Å². The van der Waals surface area contributed by atoms with Crippen LogP contribution in [0.15, 0.2) is 60.5 Å². The molecular weight excluding hydrogens is 383 g/mol. The first-order valence-corrected chi connectivity index (χ1v) is 11.7. The molecule has 3 rings (SSSR count). The fourth-order valence-electron chi connectivity index (χ4n) is 5.40. The molecule has 3 heteroatoms. The third-order valence-corrected chi connectivity index (χ3v) is 7.36. The van der Waals surface area contributed by atoms with Crippen LogP contribution in [0, 0.1) is 40.4 Å². The molecule has 0 saturated heterocycles. The summed E-state index contributed by atoms with van der Waals surface area (Å²) in [6.45, 7) is 4.54. The second-order valence-electron chi connectivity index (χ2n) is 9.21. The van der Waals surface area contributed by atoms with Crippen molar-refractivity contribution in [1.29, 1.82) is 10.5 Å². The first kappa shape index (κ1) is 23.0. The minimum absolute atomic E-state index is 0.622. The van der Waals surface area contributed by atoms with Crippen LogP contribution in [0.3, 0.4) is 0 Å². The molecule has 162 valence electrons. The number of nitrogens with zero attached hydrogens (tertiary/aromatic N) is 2. The van der Waals surface area contributed by atoms with Crippen molar-refractivity contribution >= 4 is 0 Å². The second-order valence-corrected chi connectivity index (χ2v) is 9.21. The van der Waals surface area contributed by atoms with Gasteiger partial charge in [0, 0.05) is 0 Å². The maximum atomic E-state index is 12.8. The maximum Gasteiger partial charge on any atom is 0.199 e. The molecule has 1 aromatic rings. The van der Waals surface area contributed by atoms with Crippen LogP contribution in [0.1, 0.15) is 81.3 Å². The Morgan fingerprint density at radius 3 is 2.16 bits per heavy atom. The number of rotatable bonds is 7. The largest absolute Gasteiger partial charge is 0.199 e. The van der Waals surface area contributed by atoms with Crippen molar-refractivity contribution < 1.29 is 4.39 Å². The van der Waals surface area contributed by atoms with Gasteiger partial charge in [0.15, 0.2) is 5.83 Å². The van der Waals surface area contributed by atoms with Crippen LogP contribution >= 0.6 is 0 Å². The highest BCUT2D eigenvalue weighted by atomic mass is 19.1. The van der Waals surface area contributed by atoms with E-state index in [2.05, 4.69) is 24.8 Å². The minimum Gasteiger partial charge on any atom is -0.195 e. The fourth-order valence-corrected chi connectivity index (χ4v) is 5.40. The van der Waals surface area contributed by atoms with Gasteiger partial charge in [0.1, 0.15) is 6.07 Å². The normalized spacial score (nSPS) is 26.9. The van der Waals surface area contributed by atoms with Crippen LogP contribution in [-0.2, 0) is 0 Å². The lowest BCUT2D eigenvalue weighted by Crippen LogP contribution is -2.22. The van der Waals surface area contributed by atoms with E-state index in [1.54, 1.807) is 6.08 Å². The lowest BCUT2D eigenvalue weighted by atomic mass is 9.69. The standard InChI is InChI=1S/C28H33FN2/c1-21(24-11-7-22(8-12-24)5-3-2-4-6-28(29)20-31)25-15-17-27(18-16-25)26-13-9-23(19-30)10-14-26/h2,4,6,9-10,13-14,22,24-25,27H,1,3,5,7-8,11-12,15-18H2/b4-2+,28-6-. The van der Waals surface area contributed by atoms with Gasteiger partial charge in [0.2, 0.25) is 0 Å². The molecule has 1 aromatic carbocycles. The first-order chi connectivity index (χ1) is 15.1. The van der Waals surface area contributed by atoms with Gasteiger partial charge < -0.3 is 0 Å². The van der Waals surface area contributed by atoms with Gasteiger partial charge in [0.25, 0.3) is 0 Å². The van der Waals surface area contributed by atoms with E-state index in [9.17, 15) is 4.39 Å². The molecule has 2 nitrogen and oxygen atoms in total. The summed E-state index contributed by atoms with van der Waals surface area (Å²) in [5.74, 6) is 1.99. The number of nitriles is 2. The van der Waals surface area contributed by atoms with Crippen LogP contribution in [0.5, 0.6) is 0 Å². The minimum atomic E-state index is -0.735. The van der Waals surface area contributed by atoms with Crippen molar-refractivity contribution in [3.8, 4) is 12.1 Å². The lowest BCUT2D eigenvalue weighted by Gasteiger charge is -2.36. The average Bonchev–Trinajstić information content (AvgIpc) is 2.83. The van der Waals surface area contributed by atoms with E-state index in [-0.39, 0.29) is 0 Å². The molecule has 0 amide bonds. The Labute approximate surface area is 186 Å². The Bertz CT molecular complexity index is 865. The molecule has 31 heavy (non-hydrogen) atoms. The predicted octanol–water partition coefficient (Wildman–Crippen LogP) is 7.91. The summed E-state index contributed by atoms with van der Waals surface area (Å²) in [5.41, 5.74) is 3.61. The maximum absolute atomic E-state index is 12.8. The van der Waals surface area contributed by atoms with Crippen molar-refractivity contribution in [3.63, 3.8) is 0 Å². The number of benzene rings is 1. The summed E-state index contributed by atoms with van der Waals surface area (Å²) >= 11 is 0. The van der Waals surface area contributed by atoms with Gasteiger partial charge in [-0.3, -0.25) is 0 Å². The fraction of sp³-hybridized carbons (Fsp3) is 0.500. The van der Waals surface area contributed by atoms with Gasteiger partial charge in [-0.05, 0) is 112 Å². The highest BCUT2D eigenvalue weighted by Gasteiger charge is 2.29. The zero-order valence-electron chi connectivity index (χ0n) is 18.4. The van der Waals surface area contributed by atoms with Crippen molar-refractivity contribution in [2.24, 2.45) is 17.8 Å². The summed E-state index contributed by atoms with van der Waals surface area (Å²) < 4.78 is 12.8. The van der Waals surface area contributed by atoms with E-state index in [0.717, 1.165) is 24.3 Å². The molecule has 0 aromatic heterocycles. The Morgan fingerprint density at radius 1 is 0.968 bits per heavy atom. The summed E-state index contributed by atoms with van der Waals surface area (Å²) in [5, 5.41) is 17.4. The number of allylic oxidation sites excluding steroid dienone is 5. The molecule has 0 spiro atoms. The monoisotopic (exact) mass is 416 g/mol. The number of hydrogen-bond acceptors (Lipinski definition) is 2. The zero-order valence-corrected chi connectivity index (χ0v) is 18.4. The molecule has 0 heterocycles. The van der Waals surface area contributed by atoms with Crippen molar-refractivity contribution in [1.82, 2.24) is 0 Å². The van der Waals surface area contributed by atoms with Crippen LogP contribution in [0.4, 0.5) is 4.39 Å². The molecule has 0 radical (unpaired) electrons. The van der Waals surface area contributed by atoms with E-state index >= 15 is 0 Å². The van der Waals surface area contributed by atoms with Crippen molar-refractivity contribution in [2.45, 2.75) is 70.1 Å². The third-order valence-electron chi connectivity index (χ3n) is 7.36. The Morgan fingerprint density at radius 2 is 1.58 bits per heavy atom. The highest BCUT2D eigenvalue weighted by Crippen LogP contribution is 2.44. The molecule has 2 aliphatic rings. The van der Waals surface area contributed by atoms with Gasteiger partial charge in [-0.2, -0.15) is 14.9 Å². The quantitative estimate of drug-likeness (QED) is 0.257. The molecular formula is C28H33FN2.